The van der Waals surface area contributed by atoms with Gasteiger partial charge in [0.1, 0.15) is 24.4 Å². The van der Waals surface area contributed by atoms with Gasteiger partial charge in [0.05, 0.1) is 19.8 Å². The summed E-state index contributed by atoms with van der Waals surface area (Å²) in [7, 11) is 0. The van der Waals surface area contributed by atoms with Crippen LogP contribution in [0, 0.1) is 0 Å². The summed E-state index contributed by atoms with van der Waals surface area (Å²) in [5.74, 6) is -1.50. The minimum absolute atomic E-state index is 0.555. The van der Waals surface area contributed by atoms with E-state index in [9.17, 15) is 20.1 Å². The molecule has 0 saturated carbocycles. The average molecular weight is 270 g/mol. The van der Waals surface area contributed by atoms with Gasteiger partial charge in [-0.15, -0.1) is 0 Å². The van der Waals surface area contributed by atoms with Crippen LogP contribution >= 0.6 is 0 Å². The van der Waals surface area contributed by atoms with Crippen molar-refractivity contribution in [3.8, 4) is 0 Å². The second kappa shape index (κ2) is 8.32. The molecule has 0 radical (unpaired) electrons. The molecule has 0 aliphatic rings. The normalized spacial score (nSPS) is 19.9. The molecule has 108 valence electrons. The SMILES string of the molecule is O=C(O)C(O)COC[C@@H](O)[C@@H](O)[C@H](O)[C@H](O)CO. The Morgan fingerprint density at radius 2 is 1.44 bits per heavy atom. The number of hydrogen-bond acceptors (Lipinski definition) is 8. The van der Waals surface area contributed by atoms with Gasteiger partial charge in [-0.2, -0.15) is 0 Å². The summed E-state index contributed by atoms with van der Waals surface area (Å²) in [6.07, 6.45) is -8.56. The van der Waals surface area contributed by atoms with Crippen LogP contribution in [0.2, 0.25) is 0 Å². The zero-order valence-electron chi connectivity index (χ0n) is 9.46. The molecule has 0 aromatic heterocycles. The van der Waals surface area contributed by atoms with Crippen LogP contribution in [0.1, 0.15) is 0 Å². The summed E-state index contributed by atoms with van der Waals surface area (Å²) in [4.78, 5) is 10.2. The highest BCUT2D eigenvalue weighted by molar-refractivity contribution is 5.71. The van der Waals surface area contributed by atoms with Crippen LogP contribution in [0.25, 0.3) is 0 Å². The highest BCUT2D eigenvalue weighted by Gasteiger charge is 2.30. The lowest BCUT2D eigenvalue weighted by Crippen LogP contribution is -2.47. The molecule has 18 heavy (non-hydrogen) atoms. The fourth-order valence-electron chi connectivity index (χ4n) is 1.03. The summed E-state index contributed by atoms with van der Waals surface area (Å²) < 4.78 is 4.61. The Bertz CT molecular complexity index is 246. The van der Waals surface area contributed by atoms with Gasteiger partial charge in [-0.1, -0.05) is 0 Å². The first kappa shape index (κ1) is 17.2. The Labute approximate surface area is 102 Å². The standard InChI is InChI=1S/C9H18O9/c10-1-4(11)7(14)8(15)5(12)2-18-3-6(13)9(16)17/h4-8,10-15H,1-3H2,(H,16,17)/t4-,5-,6?,7-,8-/m1/s1. The molecule has 9 heteroatoms. The number of rotatable bonds is 9. The molecule has 0 saturated heterocycles. The van der Waals surface area contributed by atoms with Crippen molar-refractivity contribution in [2.24, 2.45) is 0 Å². The number of hydrogen-bond donors (Lipinski definition) is 7. The highest BCUT2D eigenvalue weighted by Crippen LogP contribution is 2.05. The third-order valence-corrected chi connectivity index (χ3v) is 2.17. The number of aliphatic hydroxyl groups is 6. The van der Waals surface area contributed by atoms with E-state index in [0.717, 1.165) is 0 Å². The van der Waals surface area contributed by atoms with Gasteiger partial charge in [-0.25, -0.2) is 4.79 Å². The van der Waals surface area contributed by atoms with Gasteiger partial charge in [-0.3, -0.25) is 0 Å². The molecule has 0 aromatic rings. The van der Waals surface area contributed by atoms with E-state index < -0.39 is 56.3 Å². The van der Waals surface area contributed by atoms with Gasteiger partial charge in [-0.05, 0) is 0 Å². The highest BCUT2D eigenvalue weighted by atomic mass is 16.5. The maximum Gasteiger partial charge on any atom is 0.334 e. The van der Waals surface area contributed by atoms with Crippen LogP contribution in [0.3, 0.4) is 0 Å². The summed E-state index contributed by atoms with van der Waals surface area (Å²) in [5.41, 5.74) is 0. The Morgan fingerprint density at radius 3 is 1.89 bits per heavy atom. The summed E-state index contributed by atoms with van der Waals surface area (Å²) in [6.45, 7) is -1.96. The van der Waals surface area contributed by atoms with E-state index >= 15 is 0 Å². The van der Waals surface area contributed by atoms with Crippen LogP contribution in [0.5, 0.6) is 0 Å². The first-order valence-electron chi connectivity index (χ1n) is 5.13. The quantitative estimate of drug-likeness (QED) is 0.220. The van der Waals surface area contributed by atoms with E-state index in [1.807, 2.05) is 0 Å². The molecule has 7 N–H and O–H groups in total. The van der Waals surface area contributed by atoms with Crippen molar-refractivity contribution in [3.05, 3.63) is 0 Å². The van der Waals surface area contributed by atoms with Crippen molar-refractivity contribution in [2.75, 3.05) is 19.8 Å². The molecule has 0 aliphatic carbocycles. The summed E-state index contributed by atoms with van der Waals surface area (Å²) >= 11 is 0. The number of aliphatic hydroxyl groups excluding tert-OH is 6. The van der Waals surface area contributed by atoms with Crippen molar-refractivity contribution in [1.29, 1.82) is 0 Å². The Morgan fingerprint density at radius 1 is 0.944 bits per heavy atom. The lowest BCUT2D eigenvalue weighted by Gasteiger charge is -2.25. The van der Waals surface area contributed by atoms with Crippen molar-refractivity contribution < 1.29 is 45.3 Å². The molecule has 1 unspecified atom stereocenters. The number of carbonyl (C=O) groups is 1. The second-order valence-electron chi connectivity index (χ2n) is 3.69. The molecule has 0 amide bonds. The predicted molar refractivity (Wildman–Crippen MR) is 55.6 cm³/mol. The summed E-state index contributed by atoms with van der Waals surface area (Å²) in [6, 6.07) is 0. The van der Waals surface area contributed by atoms with Crippen LogP contribution in [-0.2, 0) is 9.53 Å². The zero-order chi connectivity index (χ0) is 14.3. The van der Waals surface area contributed by atoms with E-state index in [1.165, 1.54) is 0 Å². The number of carboxylic acids is 1. The van der Waals surface area contributed by atoms with Crippen molar-refractivity contribution in [1.82, 2.24) is 0 Å². The Balaban J connectivity index is 4.01. The summed E-state index contributed by atoms with van der Waals surface area (Å²) in [5, 5.41) is 62.5. The van der Waals surface area contributed by atoms with Gasteiger partial charge in [0.2, 0.25) is 0 Å². The fraction of sp³-hybridized carbons (Fsp3) is 0.889. The first-order chi connectivity index (χ1) is 8.31. The zero-order valence-corrected chi connectivity index (χ0v) is 9.46. The minimum Gasteiger partial charge on any atom is -0.479 e. The first-order valence-corrected chi connectivity index (χ1v) is 5.13. The maximum absolute atomic E-state index is 10.2. The van der Waals surface area contributed by atoms with Gasteiger partial charge in [0, 0.05) is 0 Å². The maximum atomic E-state index is 10.2. The average Bonchev–Trinajstić information content (AvgIpc) is 2.35. The molecular formula is C9H18O9. The van der Waals surface area contributed by atoms with E-state index in [1.54, 1.807) is 0 Å². The molecule has 0 fully saturated rings. The Hall–Kier alpha value is -0.810. The Kier molecular flexibility index (Phi) is 7.95. The molecule has 0 heterocycles. The second-order valence-corrected chi connectivity index (χ2v) is 3.69. The third-order valence-electron chi connectivity index (χ3n) is 2.17. The van der Waals surface area contributed by atoms with Crippen LogP contribution in [-0.4, -0.2) is 92.1 Å². The van der Waals surface area contributed by atoms with E-state index in [4.69, 9.17) is 20.4 Å². The molecule has 0 aromatic carbocycles. The van der Waals surface area contributed by atoms with Crippen LogP contribution < -0.4 is 0 Å². The van der Waals surface area contributed by atoms with Gasteiger partial charge < -0.3 is 40.5 Å². The smallest absolute Gasteiger partial charge is 0.334 e. The molecular weight excluding hydrogens is 252 g/mol. The number of ether oxygens (including phenoxy) is 1. The van der Waals surface area contributed by atoms with E-state index in [-0.39, 0.29) is 0 Å². The molecule has 0 aliphatic heterocycles. The lowest BCUT2D eigenvalue weighted by atomic mass is 10.0. The largest absolute Gasteiger partial charge is 0.479 e. The van der Waals surface area contributed by atoms with Crippen molar-refractivity contribution in [3.63, 3.8) is 0 Å². The van der Waals surface area contributed by atoms with E-state index in [0.29, 0.717) is 0 Å². The number of carboxylic acid groups (broad SMARTS) is 1. The van der Waals surface area contributed by atoms with E-state index in [2.05, 4.69) is 4.74 Å². The molecule has 0 spiro atoms. The van der Waals surface area contributed by atoms with Crippen LogP contribution in [0.15, 0.2) is 0 Å². The monoisotopic (exact) mass is 270 g/mol. The lowest BCUT2D eigenvalue weighted by molar-refractivity contribution is -0.153. The van der Waals surface area contributed by atoms with Gasteiger partial charge in [0.25, 0.3) is 0 Å². The van der Waals surface area contributed by atoms with Gasteiger partial charge in [0.15, 0.2) is 6.10 Å². The van der Waals surface area contributed by atoms with Crippen molar-refractivity contribution in [2.45, 2.75) is 30.5 Å². The van der Waals surface area contributed by atoms with Gasteiger partial charge >= 0.3 is 5.97 Å². The minimum atomic E-state index is -1.78. The molecule has 0 rings (SSSR count). The fourth-order valence-corrected chi connectivity index (χ4v) is 1.03. The molecule has 0 bridgehead atoms. The number of aliphatic carboxylic acids is 1. The van der Waals surface area contributed by atoms with Crippen molar-refractivity contribution >= 4 is 5.97 Å². The third kappa shape index (κ3) is 5.69. The predicted octanol–water partition coefficient (Wildman–Crippen LogP) is -4.12. The van der Waals surface area contributed by atoms with Crippen LogP contribution in [0.4, 0.5) is 0 Å². The molecule has 9 nitrogen and oxygen atoms in total. The topological polar surface area (TPSA) is 168 Å². The molecule has 5 atom stereocenters.